The highest BCUT2D eigenvalue weighted by Gasteiger charge is 2.23. The van der Waals surface area contributed by atoms with E-state index in [2.05, 4.69) is 41.9 Å². The molecule has 0 atom stereocenters. The highest BCUT2D eigenvalue weighted by Crippen LogP contribution is 2.24. The number of fused-ring (bicyclic) bond motifs is 2. The third kappa shape index (κ3) is 2.27. The Morgan fingerprint density at radius 2 is 1.77 bits per heavy atom. The van der Waals surface area contributed by atoms with Crippen LogP contribution in [0.1, 0.15) is 11.3 Å². The zero-order valence-corrected chi connectivity index (χ0v) is 14.7. The molecule has 5 rings (SSSR count). The van der Waals surface area contributed by atoms with Crippen LogP contribution in [0.25, 0.3) is 11.4 Å². The van der Waals surface area contributed by atoms with Gasteiger partial charge in [0.15, 0.2) is 5.65 Å². The van der Waals surface area contributed by atoms with Gasteiger partial charge in [-0.15, -0.1) is 5.10 Å². The molecule has 9 nitrogen and oxygen atoms in total. The van der Waals surface area contributed by atoms with Crippen LogP contribution in [0.4, 0.5) is 11.6 Å². The Hall–Kier alpha value is -3.23. The van der Waals surface area contributed by atoms with Crippen molar-refractivity contribution in [3.63, 3.8) is 0 Å². The van der Waals surface area contributed by atoms with Gasteiger partial charge in [-0.05, 0) is 26.0 Å². The van der Waals surface area contributed by atoms with Gasteiger partial charge in [-0.2, -0.15) is 14.6 Å². The number of aryl methyl sites for hydroxylation is 1. The van der Waals surface area contributed by atoms with Gasteiger partial charge in [0.2, 0.25) is 0 Å². The maximum absolute atomic E-state index is 4.65. The molecule has 4 aromatic heterocycles. The minimum Gasteiger partial charge on any atom is -0.353 e. The van der Waals surface area contributed by atoms with Crippen LogP contribution in [-0.4, -0.2) is 60.4 Å². The van der Waals surface area contributed by atoms with E-state index in [4.69, 9.17) is 0 Å². The number of anilines is 2. The lowest BCUT2D eigenvalue weighted by Crippen LogP contribution is -2.47. The van der Waals surface area contributed by atoms with Crippen LogP contribution >= 0.6 is 0 Å². The molecule has 0 saturated carbocycles. The van der Waals surface area contributed by atoms with Crippen LogP contribution in [-0.2, 0) is 0 Å². The van der Waals surface area contributed by atoms with Crippen LogP contribution in [0.5, 0.6) is 0 Å². The Morgan fingerprint density at radius 3 is 2.62 bits per heavy atom. The van der Waals surface area contributed by atoms with E-state index in [1.54, 1.807) is 12.5 Å². The monoisotopic (exact) mass is 349 g/mol. The number of aromatic nitrogens is 7. The fraction of sp³-hybridized carbons (Fsp3) is 0.353. The molecule has 1 saturated heterocycles. The quantitative estimate of drug-likeness (QED) is 0.536. The molecule has 26 heavy (non-hydrogen) atoms. The summed E-state index contributed by atoms with van der Waals surface area (Å²) in [7, 11) is 0. The van der Waals surface area contributed by atoms with Gasteiger partial charge in [0.05, 0.1) is 0 Å². The minimum atomic E-state index is 0.651. The number of imidazole rings is 1. The van der Waals surface area contributed by atoms with Crippen molar-refractivity contribution in [3.8, 4) is 0 Å². The summed E-state index contributed by atoms with van der Waals surface area (Å²) >= 11 is 0. The number of rotatable bonds is 2. The second-order valence-corrected chi connectivity index (χ2v) is 6.51. The first-order chi connectivity index (χ1) is 12.7. The standard InChI is InChI=1S/C17H19N9/c1-12-13(2)21-17-19-11-20-26(17)16(12)24-9-7-23(8-10-24)15-4-3-14-18-5-6-25(14)22-15/h3-6,11H,7-10H2,1-2H3. The van der Waals surface area contributed by atoms with Crippen molar-refractivity contribution in [2.45, 2.75) is 13.8 Å². The van der Waals surface area contributed by atoms with Crippen molar-refractivity contribution >= 4 is 23.1 Å². The van der Waals surface area contributed by atoms with E-state index in [9.17, 15) is 0 Å². The van der Waals surface area contributed by atoms with Crippen LogP contribution in [0.15, 0.2) is 30.9 Å². The minimum absolute atomic E-state index is 0.651. The molecule has 1 aliphatic heterocycles. The maximum atomic E-state index is 4.65. The lowest BCUT2D eigenvalue weighted by Gasteiger charge is -2.37. The van der Waals surface area contributed by atoms with E-state index in [1.807, 2.05) is 34.3 Å². The SMILES string of the molecule is Cc1nc2ncnn2c(N2CCN(c3ccc4nccn4n3)CC2)c1C. The summed E-state index contributed by atoms with van der Waals surface area (Å²) < 4.78 is 3.66. The molecule has 132 valence electrons. The van der Waals surface area contributed by atoms with Gasteiger partial charge >= 0.3 is 0 Å². The maximum Gasteiger partial charge on any atom is 0.254 e. The first-order valence-electron chi connectivity index (χ1n) is 8.68. The largest absolute Gasteiger partial charge is 0.353 e. The van der Waals surface area contributed by atoms with Crippen molar-refractivity contribution in [2.75, 3.05) is 36.0 Å². The van der Waals surface area contributed by atoms with E-state index in [0.29, 0.717) is 5.78 Å². The van der Waals surface area contributed by atoms with Gasteiger partial charge in [-0.1, -0.05) is 0 Å². The normalized spacial score (nSPS) is 15.3. The van der Waals surface area contributed by atoms with E-state index in [0.717, 1.165) is 54.7 Å². The molecule has 9 heteroatoms. The second kappa shape index (κ2) is 5.65. The van der Waals surface area contributed by atoms with Crippen LogP contribution in [0.2, 0.25) is 0 Å². The Bertz CT molecular complexity index is 1090. The summed E-state index contributed by atoms with van der Waals surface area (Å²) in [6.45, 7) is 7.69. The lowest BCUT2D eigenvalue weighted by molar-refractivity contribution is 0.626. The number of hydrogen-bond donors (Lipinski definition) is 0. The van der Waals surface area contributed by atoms with Gasteiger partial charge in [-0.3, -0.25) is 0 Å². The summed E-state index contributed by atoms with van der Waals surface area (Å²) in [5.41, 5.74) is 3.01. The molecule has 0 aliphatic carbocycles. The van der Waals surface area contributed by atoms with Crippen molar-refractivity contribution < 1.29 is 0 Å². The average Bonchev–Trinajstić information content (AvgIpc) is 3.31. The molecule has 0 spiro atoms. The number of hydrogen-bond acceptors (Lipinski definition) is 7. The first-order valence-corrected chi connectivity index (χ1v) is 8.68. The van der Waals surface area contributed by atoms with Crippen molar-refractivity contribution in [1.29, 1.82) is 0 Å². The smallest absolute Gasteiger partial charge is 0.254 e. The Labute approximate surface area is 149 Å². The highest BCUT2D eigenvalue weighted by molar-refractivity contribution is 5.55. The third-order valence-electron chi connectivity index (χ3n) is 5.02. The summed E-state index contributed by atoms with van der Waals surface area (Å²) in [5, 5.41) is 9.02. The fourth-order valence-electron chi connectivity index (χ4n) is 3.51. The highest BCUT2D eigenvalue weighted by atomic mass is 15.4. The third-order valence-corrected chi connectivity index (χ3v) is 5.02. The lowest BCUT2D eigenvalue weighted by atomic mass is 10.2. The van der Waals surface area contributed by atoms with Crippen molar-refractivity contribution in [2.24, 2.45) is 0 Å². The number of nitrogens with zero attached hydrogens (tertiary/aromatic N) is 9. The van der Waals surface area contributed by atoms with Crippen molar-refractivity contribution in [1.82, 2.24) is 34.2 Å². The van der Waals surface area contributed by atoms with Crippen LogP contribution < -0.4 is 9.80 Å². The van der Waals surface area contributed by atoms with Gasteiger partial charge in [0, 0.05) is 49.8 Å². The van der Waals surface area contributed by atoms with Gasteiger partial charge < -0.3 is 9.80 Å². The average molecular weight is 349 g/mol. The van der Waals surface area contributed by atoms with Crippen molar-refractivity contribution in [3.05, 3.63) is 42.1 Å². The Morgan fingerprint density at radius 1 is 0.962 bits per heavy atom. The van der Waals surface area contributed by atoms with E-state index < -0.39 is 0 Å². The summed E-state index contributed by atoms with van der Waals surface area (Å²) in [4.78, 5) is 17.7. The molecule has 0 N–H and O–H groups in total. The molecule has 0 aromatic carbocycles. The first kappa shape index (κ1) is 15.1. The Kier molecular flexibility index (Phi) is 3.27. The predicted molar refractivity (Wildman–Crippen MR) is 97.7 cm³/mol. The molecular weight excluding hydrogens is 330 g/mol. The second-order valence-electron chi connectivity index (χ2n) is 6.51. The molecule has 1 aliphatic rings. The van der Waals surface area contributed by atoms with Gasteiger partial charge in [0.1, 0.15) is 18.0 Å². The number of piperazine rings is 1. The summed E-state index contributed by atoms with van der Waals surface area (Å²) in [6, 6.07) is 4.04. The molecule has 0 unspecified atom stereocenters. The molecule has 0 radical (unpaired) electrons. The zero-order chi connectivity index (χ0) is 17.7. The summed E-state index contributed by atoms with van der Waals surface area (Å²) in [6.07, 6.45) is 5.20. The fourth-order valence-corrected chi connectivity index (χ4v) is 3.51. The molecule has 4 aromatic rings. The van der Waals surface area contributed by atoms with Crippen LogP contribution in [0.3, 0.4) is 0 Å². The Balaban J connectivity index is 1.42. The van der Waals surface area contributed by atoms with E-state index in [1.165, 1.54) is 0 Å². The molecule has 5 heterocycles. The zero-order valence-electron chi connectivity index (χ0n) is 14.7. The molecule has 0 bridgehead atoms. The molecule has 1 fully saturated rings. The van der Waals surface area contributed by atoms with E-state index in [-0.39, 0.29) is 0 Å². The molecular formula is C17H19N9. The predicted octanol–water partition coefficient (Wildman–Crippen LogP) is 1.11. The van der Waals surface area contributed by atoms with Crippen LogP contribution in [0, 0.1) is 13.8 Å². The topological polar surface area (TPSA) is 79.8 Å². The van der Waals surface area contributed by atoms with Gasteiger partial charge in [-0.25, -0.2) is 14.5 Å². The molecule has 0 amide bonds. The summed E-state index contributed by atoms with van der Waals surface area (Å²) in [5.74, 6) is 2.71. The van der Waals surface area contributed by atoms with E-state index >= 15 is 0 Å². The van der Waals surface area contributed by atoms with Gasteiger partial charge in [0.25, 0.3) is 5.78 Å².